The monoisotopic (exact) mass is 237 g/mol. The highest BCUT2D eigenvalue weighted by Crippen LogP contribution is 2.14. The van der Waals surface area contributed by atoms with Crippen molar-refractivity contribution in [2.75, 3.05) is 0 Å². The molecule has 0 atom stereocenters. The van der Waals surface area contributed by atoms with E-state index in [0.29, 0.717) is 17.0 Å². The number of halogens is 1. The predicted octanol–water partition coefficient (Wildman–Crippen LogP) is 3.22. The van der Waals surface area contributed by atoms with Gasteiger partial charge in [-0.15, -0.1) is 11.3 Å². The maximum atomic E-state index is 11.8. The van der Waals surface area contributed by atoms with Crippen LogP contribution in [0.15, 0.2) is 36.0 Å². The Morgan fingerprint density at radius 3 is 3.00 bits per heavy atom. The predicted molar refractivity (Wildman–Crippen MR) is 61.6 cm³/mol. The quantitative estimate of drug-likeness (QED) is 0.768. The van der Waals surface area contributed by atoms with E-state index >= 15 is 0 Å². The molecule has 0 spiro atoms. The number of rotatable bonds is 3. The smallest absolute Gasteiger partial charge is 0.169 e. The normalized spacial score (nSPS) is 10.2. The van der Waals surface area contributed by atoms with Crippen LogP contribution >= 0.6 is 22.9 Å². The van der Waals surface area contributed by atoms with Crippen LogP contribution in [0.25, 0.3) is 0 Å². The fourth-order valence-corrected chi connectivity index (χ4v) is 2.12. The molecule has 0 aliphatic carbocycles. The first-order valence-corrected chi connectivity index (χ1v) is 5.67. The molecule has 0 aromatic carbocycles. The Hall–Kier alpha value is -1.19. The minimum absolute atomic E-state index is 0.0486. The molecule has 2 nitrogen and oxygen atoms in total. The van der Waals surface area contributed by atoms with Crippen LogP contribution in [-0.4, -0.2) is 10.8 Å². The number of thiophene rings is 1. The highest BCUT2D eigenvalue weighted by molar-refractivity contribution is 7.10. The molecule has 0 N–H and O–H groups in total. The Labute approximate surface area is 96.5 Å². The summed E-state index contributed by atoms with van der Waals surface area (Å²) >= 11 is 7.33. The summed E-state index contributed by atoms with van der Waals surface area (Å²) in [4.78, 5) is 16.7. The summed E-state index contributed by atoms with van der Waals surface area (Å²) < 4.78 is 0. The molecule has 4 heteroatoms. The molecule has 2 aromatic rings. The molecule has 0 aliphatic rings. The van der Waals surface area contributed by atoms with E-state index in [9.17, 15) is 4.79 Å². The summed E-state index contributed by atoms with van der Waals surface area (Å²) in [6.07, 6.45) is 3.48. The van der Waals surface area contributed by atoms with Gasteiger partial charge in [0.25, 0.3) is 0 Å². The standard InChI is InChI=1S/C11H8ClNOS/c12-9-4-8(6-13-7-9)11(14)5-10-2-1-3-15-10/h1-4,6-7H,5H2. The van der Waals surface area contributed by atoms with E-state index in [1.54, 1.807) is 23.6 Å². The van der Waals surface area contributed by atoms with Crippen LogP contribution in [-0.2, 0) is 6.42 Å². The fraction of sp³-hybridized carbons (Fsp3) is 0.0909. The fourth-order valence-electron chi connectivity index (χ4n) is 1.24. The van der Waals surface area contributed by atoms with Crippen LogP contribution in [0.5, 0.6) is 0 Å². The van der Waals surface area contributed by atoms with Gasteiger partial charge in [0.05, 0.1) is 5.02 Å². The zero-order chi connectivity index (χ0) is 10.7. The zero-order valence-electron chi connectivity index (χ0n) is 7.81. The van der Waals surface area contributed by atoms with Crippen LogP contribution in [0, 0.1) is 0 Å². The second-order valence-corrected chi connectivity index (χ2v) is 4.54. The zero-order valence-corrected chi connectivity index (χ0v) is 9.39. The minimum atomic E-state index is 0.0486. The summed E-state index contributed by atoms with van der Waals surface area (Å²) in [7, 11) is 0. The molecule has 0 saturated heterocycles. The summed E-state index contributed by atoms with van der Waals surface area (Å²) in [5.74, 6) is 0.0486. The van der Waals surface area contributed by atoms with Crippen LogP contribution in [0.3, 0.4) is 0 Å². The van der Waals surface area contributed by atoms with Gasteiger partial charge in [-0.25, -0.2) is 0 Å². The Kier molecular flexibility index (Phi) is 3.14. The average Bonchev–Trinajstić information content (AvgIpc) is 2.70. The number of aromatic nitrogens is 1. The lowest BCUT2D eigenvalue weighted by atomic mass is 10.1. The van der Waals surface area contributed by atoms with Gasteiger partial charge >= 0.3 is 0 Å². The van der Waals surface area contributed by atoms with Crippen molar-refractivity contribution in [2.45, 2.75) is 6.42 Å². The first-order chi connectivity index (χ1) is 7.25. The molecule has 0 bridgehead atoms. The van der Waals surface area contributed by atoms with Crippen LogP contribution < -0.4 is 0 Å². The molecule has 0 amide bonds. The average molecular weight is 238 g/mol. The first kappa shape index (κ1) is 10.3. The van der Waals surface area contributed by atoms with Gasteiger partial charge in [-0.3, -0.25) is 9.78 Å². The van der Waals surface area contributed by atoms with Crippen molar-refractivity contribution in [2.24, 2.45) is 0 Å². The highest BCUT2D eigenvalue weighted by Gasteiger charge is 2.08. The third-order valence-corrected chi connectivity index (χ3v) is 3.02. The second kappa shape index (κ2) is 4.55. The van der Waals surface area contributed by atoms with Gasteiger partial charge in [-0.2, -0.15) is 0 Å². The van der Waals surface area contributed by atoms with E-state index < -0.39 is 0 Å². The third kappa shape index (κ3) is 2.64. The Morgan fingerprint density at radius 2 is 2.33 bits per heavy atom. The molecule has 0 fully saturated rings. The van der Waals surface area contributed by atoms with Crippen molar-refractivity contribution in [3.05, 3.63) is 51.4 Å². The molecule has 2 heterocycles. The largest absolute Gasteiger partial charge is 0.294 e. The van der Waals surface area contributed by atoms with E-state index in [1.165, 1.54) is 6.20 Å². The van der Waals surface area contributed by atoms with Crippen molar-refractivity contribution in [3.63, 3.8) is 0 Å². The number of hydrogen-bond acceptors (Lipinski definition) is 3. The summed E-state index contributed by atoms with van der Waals surface area (Å²) in [6, 6.07) is 5.52. The number of carbonyl (C=O) groups excluding carboxylic acids is 1. The lowest BCUT2D eigenvalue weighted by Gasteiger charge is -1.98. The molecular weight excluding hydrogens is 230 g/mol. The molecule has 15 heavy (non-hydrogen) atoms. The van der Waals surface area contributed by atoms with Gasteiger partial charge in [0.1, 0.15) is 0 Å². The number of carbonyl (C=O) groups is 1. The van der Waals surface area contributed by atoms with E-state index in [1.807, 2.05) is 17.5 Å². The number of Topliss-reactive ketones (excluding diaryl/α,β-unsaturated/α-hetero) is 1. The Bertz CT molecular complexity index is 467. The van der Waals surface area contributed by atoms with E-state index in [-0.39, 0.29) is 5.78 Å². The second-order valence-electron chi connectivity index (χ2n) is 3.07. The van der Waals surface area contributed by atoms with Crippen molar-refractivity contribution in [3.8, 4) is 0 Å². The molecular formula is C11H8ClNOS. The molecule has 0 saturated carbocycles. The van der Waals surface area contributed by atoms with Gasteiger partial charge in [0, 0.05) is 29.3 Å². The van der Waals surface area contributed by atoms with E-state index in [4.69, 9.17) is 11.6 Å². The topological polar surface area (TPSA) is 30.0 Å². The summed E-state index contributed by atoms with van der Waals surface area (Å²) in [5.41, 5.74) is 0.566. The van der Waals surface area contributed by atoms with Gasteiger partial charge in [-0.05, 0) is 17.5 Å². The maximum absolute atomic E-state index is 11.8. The Balaban J connectivity index is 2.15. The van der Waals surface area contributed by atoms with E-state index in [2.05, 4.69) is 4.98 Å². The van der Waals surface area contributed by atoms with Crippen LogP contribution in [0.2, 0.25) is 5.02 Å². The van der Waals surface area contributed by atoms with Crippen molar-refractivity contribution >= 4 is 28.7 Å². The molecule has 0 unspecified atom stereocenters. The molecule has 0 aliphatic heterocycles. The highest BCUT2D eigenvalue weighted by atomic mass is 35.5. The van der Waals surface area contributed by atoms with Gasteiger partial charge in [0.2, 0.25) is 0 Å². The summed E-state index contributed by atoms with van der Waals surface area (Å²) in [5, 5.41) is 2.45. The lowest BCUT2D eigenvalue weighted by molar-refractivity contribution is 0.0993. The van der Waals surface area contributed by atoms with Crippen LogP contribution in [0.4, 0.5) is 0 Å². The number of nitrogens with zero attached hydrogens (tertiary/aromatic N) is 1. The molecule has 2 aromatic heterocycles. The molecule has 0 radical (unpaired) electrons. The van der Waals surface area contributed by atoms with Crippen LogP contribution in [0.1, 0.15) is 15.2 Å². The molecule has 76 valence electrons. The summed E-state index contributed by atoms with van der Waals surface area (Å²) in [6.45, 7) is 0. The number of pyridine rings is 1. The Morgan fingerprint density at radius 1 is 1.47 bits per heavy atom. The van der Waals surface area contributed by atoms with Crippen molar-refractivity contribution < 1.29 is 4.79 Å². The number of ketones is 1. The third-order valence-electron chi connectivity index (χ3n) is 1.94. The van der Waals surface area contributed by atoms with Crippen molar-refractivity contribution in [1.29, 1.82) is 0 Å². The number of hydrogen-bond donors (Lipinski definition) is 0. The van der Waals surface area contributed by atoms with E-state index in [0.717, 1.165) is 4.88 Å². The van der Waals surface area contributed by atoms with Gasteiger partial charge < -0.3 is 0 Å². The SMILES string of the molecule is O=C(Cc1cccs1)c1cncc(Cl)c1. The molecule has 2 rings (SSSR count). The minimum Gasteiger partial charge on any atom is -0.294 e. The van der Waals surface area contributed by atoms with Gasteiger partial charge in [-0.1, -0.05) is 17.7 Å². The first-order valence-electron chi connectivity index (χ1n) is 4.42. The maximum Gasteiger partial charge on any atom is 0.169 e. The lowest BCUT2D eigenvalue weighted by Crippen LogP contribution is -2.02. The van der Waals surface area contributed by atoms with Gasteiger partial charge in [0.15, 0.2) is 5.78 Å². The van der Waals surface area contributed by atoms with Crippen molar-refractivity contribution in [1.82, 2.24) is 4.98 Å².